The zero-order valence-electron chi connectivity index (χ0n) is 16.8. The second-order valence-corrected chi connectivity index (χ2v) is 8.48. The highest BCUT2D eigenvalue weighted by Crippen LogP contribution is 2.57. The van der Waals surface area contributed by atoms with Crippen molar-refractivity contribution in [3.05, 3.63) is 35.2 Å². The second-order valence-electron chi connectivity index (χ2n) is 8.48. The summed E-state index contributed by atoms with van der Waals surface area (Å²) in [5.74, 6) is -0.585. The van der Waals surface area contributed by atoms with Crippen molar-refractivity contribution in [3.8, 4) is 11.5 Å². The highest BCUT2D eigenvalue weighted by atomic mass is 16.5. The molecule has 1 radical (unpaired) electrons. The first-order valence-electron chi connectivity index (χ1n) is 10.1. The summed E-state index contributed by atoms with van der Waals surface area (Å²) in [4.78, 5) is 28.1. The largest absolute Gasteiger partial charge is 0.562 e. The van der Waals surface area contributed by atoms with Crippen LogP contribution in [0.1, 0.15) is 28.8 Å². The molecule has 0 aromatic heterocycles. The summed E-state index contributed by atoms with van der Waals surface area (Å²) in [5, 5.41) is 12.8. The van der Waals surface area contributed by atoms with Crippen molar-refractivity contribution in [2.24, 2.45) is 5.73 Å². The predicted molar refractivity (Wildman–Crippen MR) is 108 cm³/mol. The van der Waals surface area contributed by atoms with Gasteiger partial charge in [-0.2, -0.15) is 0 Å². The van der Waals surface area contributed by atoms with E-state index in [2.05, 4.69) is 5.32 Å². The molecule has 3 heterocycles. The van der Waals surface area contributed by atoms with Crippen LogP contribution >= 0.6 is 0 Å². The van der Waals surface area contributed by atoms with Crippen molar-refractivity contribution in [3.63, 3.8) is 0 Å². The van der Waals surface area contributed by atoms with E-state index in [1.165, 1.54) is 0 Å². The Kier molecular flexibility index (Phi) is 4.35. The number of carbonyl (C=O) groups is 2. The van der Waals surface area contributed by atoms with E-state index < -0.39 is 12.0 Å². The maximum absolute atomic E-state index is 12.6. The maximum atomic E-state index is 12.6. The molecule has 4 N–H and O–H groups in total. The highest BCUT2D eigenvalue weighted by Gasteiger charge is 2.49. The summed E-state index contributed by atoms with van der Waals surface area (Å²) in [6, 6.07) is 2.91. The molecule has 9 nitrogen and oxygen atoms in total. The number of ether oxygens (including phenoxy) is 1. The van der Waals surface area contributed by atoms with Gasteiger partial charge in [-0.15, -0.1) is 0 Å². The summed E-state index contributed by atoms with van der Waals surface area (Å²) in [7, 11) is 3.57. The minimum atomic E-state index is -1.08. The number of likely N-dealkylation sites (N-methyl/N-ethyl adjacent to an activating group) is 1. The van der Waals surface area contributed by atoms with Gasteiger partial charge in [-0.3, -0.25) is 4.79 Å². The van der Waals surface area contributed by atoms with E-state index in [9.17, 15) is 14.7 Å². The van der Waals surface area contributed by atoms with Gasteiger partial charge in [-0.25, -0.2) is 4.79 Å². The molecule has 1 aromatic rings. The molecule has 2 fully saturated rings. The van der Waals surface area contributed by atoms with Crippen molar-refractivity contribution in [1.29, 1.82) is 0 Å². The molecular formula is C20H24BN4O5. The topological polar surface area (TPSA) is 117 Å². The van der Waals surface area contributed by atoms with E-state index >= 15 is 0 Å². The Balaban J connectivity index is 1.28. The van der Waals surface area contributed by atoms with Gasteiger partial charge in [-0.1, -0.05) is 6.07 Å². The van der Waals surface area contributed by atoms with Crippen LogP contribution in [0, 0.1) is 0 Å². The van der Waals surface area contributed by atoms with Crippen LogP contribution < -0.4 is 20.4 Å². The van der Waals surface area contributed by atoms with Gasteiger partial charge in [0.1, 0.15) is 29.2 Å². The van der Waals surface area contributed by atoms with E-state index in [-0.39, 0.29) is 28.7 Å². The predicted octanol–water partition coefficient (Wildman–Crippen LogP) is 0.0971. The molecule has 1 aromatic carbocycles. The van der Waals surface area contributed by atoms with Crippen LogP contribution in [0.5, 0.6) is 11.5 Å². The molecule has 30 heavy (non-hydrogen) atoms. The lowest BCUT2D eigenvalue weighted by molar-refractivity contribution is -0.140. The summed E-state index contributed by atoms with van der Waals surface area (Å²) in [5.41, 5.74) is 7.90. The fraction of sp³-hybridized carbons (Fsp3) is 0.500. The number of benzene rings is 1. The number of nitrogens with two attached hydrogens (primary N) is 1. The maximum Gasteiger partial charge on any atom is 0.370 e. The number of likely N-dealkylation sites (tertiary alicyclic amines) is 1. The Morgan fingerprint density at radius 2 is 2.17 bits per heavy atom. The molecule has 0 bridgehead atoms. The van der Waals surface area contributed by atoms with Crippen LogP contribution in [0.15, 0.2) is 24.0 Å². The third-order valence-electron chi connectivity index (χ3n) is 6.49. The number of rotatable bonds is 5. The summed E-state index contributed by atoms with van der Waals surface area (Å²) < 4.78 is 11.6. The van der Waals surface area contributed by atoms with Crippen LogP contribution in [-0.4, -0.2) is 73.2 Å². The minimum Gasteiger partial charge on any atom is -0.562 e. The van der Waals surface area contributed by atoms with E-state index in [0.29, 0.717) is 25.5 Å². The van der Waals surface area contributed by atoms with Gasteiger partial charge in [0, 0.05) is 13.2 Å². The monoisotopic (exact) mass is 411 g/mol. The van der Waals surface area contributed by atoms with Gasteiger partial charge in [-0.05, 0) is 36.2 Å². The molecule has 3 aliphatic heterocycles. The quantitative estimate of drug-likeness (QED) is 0.584. The van der Waals surface area contributed by atoms with Crippen LogP contribution in [0.4, 0.5) is 0 Å². The molecule has 1 spiro atoms. The molecule has 1 aliphatic carbocycles. The fourth-order valence-corrected chi connectivity index (χ4v) is 4.44. The van der Waals surface area contributed by atoms with Crippen molar-refractivity contribution in [1.82, 2.24) is 15.1 Å². The van der Waals surface area contributed by atoms with Gasteiger partial charge in [0.2, 0.25) is 5.91 Å². The minimum absolute atomic E-state index is 0.0308. The SMILES string of the molecule is CN1CNC=C1[C@@H](N)C(=O)N1CC(Oc2ccc3c(c2C(=O)O)O[B]CC32CC2)C1. The molecule has 4 aliphatic rings. The number of carboxylic acid groups (broad SMARTS) is 1. The van der Waals surface area contributed by atoms with Crippen molar-refractivity contribution in [2.45, 2.75) is 36.7 Å². The molecule has 0 unspecified atom stereocenters. The van der Waals surface area contributed by atoms with Crippen LogP contribution in [0.25, 0.3) is 0 Å². The molecule has 1 atom stereocenters. The van der Waals surface area contributed by atoms with E-state index in [0.717, 1.165) is 30.4 Å². The van der Waals surface area contributed by atoms with Gasteiger partial charge < -0.3 is 35.3 Å². The van der Waals surface area contributed by atoms with E-state index in [1.807, 2.05) is 18.0 Å². The van der Waals surface area contributed by atoms with Crippen LogP contribution in [0.3, 0.4) is 0 Å². The number of fused-ring (bicyclic) bond motifs is 2. The molecule has 10 heteroatoms. The number of hydrogen-bond donors (Lipinski definition) is 3. The summed E-state index contributed by atoms with van der Waals surface area (Å²) >= 11 is 0. The standard InChI is InChI=1S/C20H24BN4O5/c1-24-10-23-6-13(24)16(22)18(26)25-7-11(8-25)29-14-3-2-12-17(15(14)19(27)28)30-21-9-20(12)4-5-20/h2-3,6,11,16,23H,4-5,7-10,22H2,1H3,(H,27,28)/t16-/m1/s1. The lowest BCUT2D eigenvalue weighted by atomic mass is 9.74. The van der Waals surface area contributed by atoms with Crippen LogP contribution in [-0.2, 0) is 10.2 Å². The fourth-order valence-electron chi connectivity index (χ4n) is 4.44. The number of aromatic carboxylic acids is 1. The Labute approximate surface area is 175 Å². The second kappa shape index (κ2) is 6.83. The van der Waals surface area contributed by atoms with E-state index in [4.69, 9.17) is 15.1 Å². The van der Waals surface area contributed by atoms with Gasteiger partial charge in [0.25, 0.3) is 0 Å². The number of amides is 1. The first-order chi connectivity index (χ1) is 14.4. The number of nitrogens with one attached hydrogen (secondary N) is 1. The summed E-state index contributed by atoms with van der Waals surface area (Å²) in [6.45, 7) is 1.35. The third-order valence-corrected chi connectivity index (χ3v) is 6.49. The normalized spacial score (nSPS) is 22.1. The van der Waals surface area contributed by atoms with Gasteiger partial charge in [0.15, 0.2) is 0 Å². The van der Waals surface area contributed by atoms with Crippen molar-refractivity contribution < 1.29 is 24.1 Å². The Morgan fingerprint density at radius 3 is 2.80 bits per heavy atom. The zero-order chi connectivity index (χ0) is 21.0. The van der Waals surface area contributed by atoms with Crippen molar-refractivity contribution in [2.75, 3.05) is 26.8 Å². The number of nitrogens with zero attached hydrogens (tertiary/aromatic N) is 2. The Bertz CT molecular complexity index is 941. The number of carbonyl (C=O) groups excluding carboxylic acids is 1. The molecule has 157 valence electrons. The zero-order valence-corrected chi connectivity index (χ0v) is 16.8. The molecule has 5 rings (SSSR count). The summed E-state index contributed by atoms with van der Waals surface area (Å²) in [6.07, 6.45) is 4.36. The van der Waals surface area contributed by atoms with E-state index in [1.54, 1.807) is 24.6 Å². The average molecular weight is 411 g/mol. The lowest BCUT2D eigenvalue weighted by Crippen LogP contribution is -2.60. The molecular weight excluding hydrogens is 387 g/mol. The molecule has 1 amide bonds. The first kappa shape index (κ1) is 19.1. The third kappa shape index (κ3) is 2.97. The number of carboxylic acids is 1. The van der Waals surface area contributed by atoms with Crippen LogP contribution in [0.2, 0.25) is 6.32 Å². The lowest BCUT2D eigenvalue weighted by Gasteiger charge is -2.41. The van der Waals surface area contributed by atoms with Gasteiger partial charge in [0.05, 0.1) is 25.5 Å². The Morgan fingerprint density at radius 1 is 1.40 bits per heavy atom. The average Bonchev–Trinajstić information content (AvgIpc) is 3.32. The Hall–Kier alpha value is -2.88. The van der Waals surface area contributed by atoms with Gasteiger partial charge >= 0.3 is 13.5 Å². The highest BCUT2D eigenvalue weighted by molar-refractivity contribution is 6.30. The number of hydrogen-bond acceptors (Lipinski definition) is 7. The molecule has 1 saturated carbocycles. The first-order valence-corrected chi connectivity index (χ1v) is 10.1. The van der Waals surface area contributed by atoms with Crippen molar-refractivity contribution >= 4 is 19.4 Å². The molecule has 1 saturated heterocycles. The smallest absolute Gasteiger partial charge is 0.370 e.